The van der Waals surface area contributed by atoms with Crippen molar-refractivity contribution in [2.75, 3.05) is 5.75 Å². The molecule has 0 aliphatic rings. The molecule has 0 fully saturated rings. The lowest BCUT2D eigenvalue weighted by molar-refractivity contribution is -0.116. The number of thiazole rings is 1. The minimum atomic E-state index is 0.0319. The first-order chi connectivity index (χ1) is 9.86. The first kappa shape index (κ1) is 16.5. The highest BCUT2D eigenvalue weighted by Gasteiger charge is 2.18. The molecular formula is C16H18ClNOS2. The molecular weight excluding hydrogens is 322 g/mol. The highest BCUT2D eigenvalue weighted by molar-refractivity contribution is 8.00. The normalized spacial score (nSPS) is 11.6. The van der Waals surface area contributed by atoms with E-state index in [0.717, 1.165) is 15.6 Å². The van der Waals surface area contributed by atoms with E-state index in [-0.39, 0.29) is 11.2 Å². The van der Waals surface area contributed by atoms with Crippen molar-refractivity contribution in [1.82, 2.24) is 4.98 Å². The van der Waals surface area contributed by atoms with Crippen LogP contribution in [0.1, 0.15) is 31.5 Å². The van der Waals surface area contributed by atoms with Crippen molar-refractivity contribution >= 4 is 40.5 Å². The topological polar surface area (TPSA) is 30.0 Å². The van der Waals surface area contributed by atoms with Crippen molar-refractivity contribution in [1.29, 1.82) is 0 Å². The minimum absolute atomic E-state index is 0.0319. The summed E-state index contributed by atoms with van der Waals surface area (Å²) in [6.45, 7) is 6.38. The third-order valence-corrected chi connectivity index (χ3v) is 5.32. The summed E-state index contributed by atoms with van der Waals surface area (Å²) in [5.41, 5.74) is 1.08. The molecule has 2 nitrogen and oxygen atoms in total. The molecule has 1 aromatic heterocycles. The molecule has 0 unspecified atom stereocenters. The van der Waals surface area contributed by atoms with Gasteiger partial charge >= 0.3 is 0 Å². The fourth-order valence-electron chi connectivity index (χ4n) is 1.68. The summed E-state index contributed by atoms with van der Waals surface area (Å²) in [6, 6.07) is 7.58. The van der Waals surface area contributed by atoms with Gasteiger partial charge in [-0.15, -0.1) is 23.1 Å². The van der Waals surface area contributed by atoms with E-state index in [0.29, 0.717) is 17.2 Å². The highest BCUT2D eigenvalue weighted by atomic mass is 35.5. The van der Waals surface area contributed by atoms with Gasteiger partial charge in [-0.1, -0.05) is 44.5 Å². The number of carbonyl (C=O) groups is 1. The van der Waals surface area contributed by atoms with Crippen LogP contribution in [0.2, 0.25) is 5.02 Å². The highest BCUT2D eigenvalue weighted by Crippen LogP contribution is 2.27. The number of aromatic nitrogens is 1. The van der Waals surface area contributed by atoms with Crippen molar-refractivity contribution in [3.8, 4) is 0 Å². The average molecular weight is 340 g/mol. The lowest BCUT2D eigenvalue weighted by Crippen LogP contribution is -2.12. The molecule has 0 aliphatic carbocycles. The second kappa shape index (κ2) is 6.95. The van der Waals surface area contributed by atoms with Crippen LogP contribution in [0.4, 0.5) is 0 Å². The molecule has 0 spiro atoms. The molecule has 21 heavy (non-hydrogen) atoms. The van der Waals surface area contributed by atoms with Crippen molar-refractivity contribution in [2.45, 2.75) is 37.5 Å². The van der Waals surface area contributed by atoms with Crippen LogP contribution in [0.5, 0.6) is 0 Å². The maximum absolute atomic E-state index is 12.1. The molecule has 0 saturated heterocycles. The van der Waals surface area contributed by atoms with Crippen LogP contribution in [0.25, 0.3) is 0 Å². The number of Topliss-reactive ketones (excluding diaryl/α,β-unsaturated/α-hetero) is 1. The molecule has 1 aromatic carbocycles. The van der Waals surface area contributed by atoms with Crippen LogP contribution < -0.4 is 0 Å². The van der Waals surface area contributed by atoms with Crippen LogP contribution in [0, 0.1) is 0 Å². The van der Waals surface area contributed by atoms with Gasteiger partial charge in [-0.25, -0.2) is 4.98 Å². The summed E-state index contributed by atoms with van der Waals surface area (Å²) in [5.74, 6) is 0.600. The number of benzene rings is 1. The van der Waals surface area contributed by atoms with Crippen molar-refractivity contribution in [3.05, 3.63) is 45.4 Å². The van der Waals surface area contributed by atoms with E-state index in [9.17, 15) is 4.79 Å². The zero-order chi connectivity index (χ0) is 15.5. The molecule has 112 valence electrons. The van der Waals surface area contributed by atoms with Gasteiger partial charge in [0.2, 0.25) is 0 Å². The lowest BCUT2D eigenvalue weighted by Gasteiger charge is -2.14. The Morgan fingerprint density at radius 2 is 2.05 bits per heavy atom. The van der Waals surface area contributed by atoms with E-state index < -0.39 is 0 Å². The molecule has 1 heterocycles. The number of ketones is 1. The minimum Gasteiger partial charge on any atom is -0.298 e. The Morgan fingerprint density at radius 3 is 2.67 bits per heavy atom. The fourth-order valence-corrected chi connectivity index (χ4v) is 3.82. The number of rotatable bonds is 5. The summed E-state index contributed by atoms with van der Waals surface area (Å²) in [6.07, 6.45) is 0.401. The molecule has 0 saturated carbocycles. The zero-order valence-electron chi connectivity index (χ0n) is 12.4. The van der Waals surface area contributed by atoms with Crippen LogP contribution in [-0.4, -0.2) is 16.5 Å². The van der Waals surface area contributed by atoms with Gasteiger partial charge in [0.15, 0.2) is 0 Å². The molecule has 0 amide bonds. The SMILES string of the molecule is CC(C)(C)c1csc(CC(=O)CSc2ccccc2Cl)n1. The van der Waals surface area contributed by atoms with Gasteiger partial charge in [-0.2, -0.15) is 0 Å². The Morgan fingerprint density at radius 1 is 1.33 bits per heavy atom. The van der Waals surface area contributed by atoms with E-state index in [1.54, 1.807) is 11.3 Å². The molecule has 0 atom stereocenters. The summed E-state index contributed by atoms with van der Waals surface area (Å²) in [4.78, 5) is 17.6. The van der Waals surface area contributed by atoms with Gasteiger partial charge in [-0.05, 0) is 12.1 Å². The monoisotopic (exact) mass is 339 g/mol. The Kier molecular flexibility index (Phi) is 5.47. The molecule has 5 heteroatoms. The Labute approximate surface area is 138 Å². The van der Waals surface area contributed by atoms with Gasteiger partial charge in [0.25, 0.3) is 0 Å². The Hall–Kier alpha value is -0.840. The third-order valence-electron chi connectivity index (χ3n) is 2.89. The summed E-state index contributed by atoms with van der Waals surface area (Å²) in [7, 11) is 0. The number of halogens is 1. The average Bonchev–Trinajstić information content (AvgIpc) is 2.86. The quantitative estimate of drug-likeness (QED) is 0.718. The van der Waals surface area contributed by atoms with E-state index in [1.165, 1.54) is 11.8 Å². The second-order valence-corrected chi connectivity index (χ2v) is 8.18. The fraction of sp³-hybridized carbons (Fsp3) is 0.375. The molecule has 2 rings (SSSR count). The van der Waals surface area contributed by atoms with Crippen LogP contribution in [0.3, 0.4) is 0 Å². The summed E-state index contributed by atoms with van der Waals surface area (Å²) < 4.78 is 0. The summed E-state index contributed by atoms with van der Waals surface area (Å²) in [5, 5.41) is 3.63. The van der Waals surface area contributed by atoms with Gasteiger partial charge in [0.05, 0.1) is 22.9 Å². The number of nitrogens with zero attached hydrogens (tertiary/aromatic N) is 1. The van der Waals surface area contributed by atoms with E-state index in [2.05, 4.69) is 25.8 Å². The number of carbonyl (C=O) groups excluding carboxylic acids is 1. The second-order valence-electron chi connectivity index (χ2n) is 5.81. The van der Waals surface area contributed by atoms with E-state index in [1.807, 2.05) is 29.6 Å². The number of hydrogen-bond donors (Lipinski definition) is 0. The Balaban J connectivity index is 1.90. The van der Waals surface area contributed by atoms with Crippen LogP contribution in [0.15, 0.2) is 34.5 Å². The van der Waals surface area contributed by atoms with Crippen LogP contribution >= 0.6 is 34.7 Å². The zero-order valence-corrected chi connectivity index (χ0v) is 14.7. The predicted octanol–water partition coefficient (Wildman–Crippen LogP) is 5.00. The van der Waals surface area contributed by atoms with E-state index >= 15 is 0 Å². The van der Waals surface area contributed by atoms with Crippen LogP contribution in [-0.2, 0) is 16.6 Å². The molecule has 0 aliphatic heterocycles. The van der Waals surface area contributed by atoms with Crippen molar-refractivity contribution < 1.29 is 4.79 Å². The molecule has 2 aromatic rings. The maximum atomic E-state index is 12.1. The van der Waals surface area contributed by atoms with Gasteiger partial charge < -0.3 is 0 Å². The largest absolute Gasteiger partial charge is 0.298 e. The van der Waals surface area contributed by atoms with Crippen molar-refractivity contribution in [3.63, 3.8) is 0 Å². The standard InChI is InChI=1S/C16H18ClNOS2/c1-16(2,3)14-10-21-15(18-14)8-11(19)9-20-13-7-5-4-6-12(13)17/h4-7,10H,8-9H2,1-3H3. The van der Waals surface area contributed by atoms with Gasteiger partial charge in [-0.3, -0.25) is 4.79 Å². The smallest absolute Gasteiger partial charge is 0.149 e. The first-order valence-electron chi connectivity index (χ1n) is 6.70. The maximum Gasteiger partial charge on any atom is 0.149 e. The lowest BCUT2D eigenvalue weighted by atomic mass is 9.93. The van der Waals surface area contributed by atoms with E-state index in [4.69, 9.17) is 11.6 Å². The molecule has 0 N–H and O–H groups in total. The molecule has 0 bridgehead atoms. The summed E-state index contributed by atoms with van der Waals surface area (Å²) >= 11 is 9.12. The first-order valence-corrected chi connectivity index (χ1v) is 8.94. The third kappa shape index (κ3) is 4.83. The molecule has 0 radical (unpaired) electrons. The number of hydrogen-bond acceptors (Lipinski definition) is 4. The predicted molar refractivity (Wildman–Crippen MR) is 91.7 cm³/mol. The number of thioether (sulfide) groups is 1. The van der Waals surface area contributed by atoms with Crippen molar-refractivity contribution in [2.24, 2.45) is 0 Å². The van der Waals surface area contributed by atoms with Gasteiger partial charge in [0, 0.05) is 15.7 Å². The Bertz CT molecular complexity index is 631. The van der Waals surface area contributed by atoms with Gasteiger partial charge in [0.1, 0.15) is 10.8 Å².